The maximum absolute atomic E-state index is 12.7. The van der Waals surface area contributed by atoms with E-state index in [2.05, 4.69) is 30.5 Å². The van der Waals surface area contributed by atoms with E-state index in [9.17, 15) is 8.78 Å². The van der Waals surface area contributed by atoms with Crippen molar-refractivity contribution >= 4 is 0 Å². The lowest BCUT2D eigenvalue weighted by molar-refractivity contribution is 0.151. The summed E-state index contributed by atoms with van der Waals surface area (Å²) in [5.74, 6) is 1.69. The normalized spacial score (nSPS) is 11.2. The van der Waals surface area contributed by atoms with Crippen LogP contribution in [0.3, 0.4) is 0 Å². The summed E-state index contributed by atoms with van der Waals surface area (Å²) in [6.07, 6.45) is 0.0934. The summed E-state index contributed by atoms with van der Waals surface area (Å²) in [7, 11) is 0. The van der Waals surface area contributed by atoms with Crippen molar-refractivity contribution in [1.29, 1.82) is 0 Å². The summed E-state index contributed by atoms with van der Waals surface area (Å²) >= 11 is 0. The van der Waals surface area contributed by atoms with Gasteiger partial charge in [0.15, 0.2) is 17.5 Å². The number of oxazole rings is 1. The lowest BCUT2D eigenvalue weighted by Gasteiger charge is -2.08. The van der Waals surface area contributed by atoms with Crippen molar-refractivity contribution in [2.24, 2.45) is 0 Å². The van der Waals surface area contributed by atoms with E-state index in [1.165, 1.54) is 16.8 Å². The quantitative estimate of drug-likeness (QED) is 0.487. The van der Waals surface area contributed by atoms with Crippen LogP contribution in [0.4, 0.5) is 8.78 Å². The van der Waals surface area contributed by atoms with Gasteiger partial charge >= 0.3 is 0 Å². The zero-order chi connectivity index (χ0) is 20.4. The second-order valence-electron chi connectivity index (χ2n) is 6.07. The van der Waals surface area contributed by atoms with Gasteiger partial charge in [-0.3, -0.25) is 0 Å². The van der Waals surface area contributed by atoms with E-state index in [0.29, 0.717) is 34.6 Å². The standard InChI is InChI=1S/C18H15F2N7O2/c1-10-14(27(26-23-10)16-5-3-12(7-22-16)18(19)20)9-28-17-6-4-13(24-25-17)15-8-21-11(2)29-15/h3-8,18H,9H2,1-2H3. The number of nitrogens with zero attached hydrogens (tertiary/aromatic N) is 7. The van der Waals surface area contributed by atoms with Crippen LogP contribution in [-0.2, 0) is 6.61 Å². The molecule has 0 aromatic carbocycles. The van der Waals surface area contributed by atoms with Crippen molar-refractivity contribution in [1.82, 2.24) is 35.2 Å². The van der Waals surface area contributed by atoms with Crippen LogP contribution < -0.4 is 4.74 Å². The number of rotatable bonds is 6. The molecule has 0 amide bonds. The molecule has 9 nitrogen and oxygen atoms in total. The minimum atomic E-state index is -2.58. The molecule has 0 aliphatic carbocycles. The average Bonchev–Trinajstić information content (AvgIpc) is 3.32. The third-order valence-corrected chi connectivity index (χ3v) is 4.07. The summed E-state index contributed by atoms with van der Waals surface area (Å²) in [4.78, 5) is 8.05. The van der Waals surface area contributed by atoms with Crippen molar-refractivity contribution in [3.05, 3.63) is 59.5 Å². The van der Waals surface area contributed by atoms with Crippen LogP contribution in [0.15, 0.2) is 41.1 Å². The zero-order valence-corrected chi connectivity index (χ0v) is 15.5. The maximum atomic E-state index is 12.7. The van der Waals surface area contributed by atoms with Gasteiger partial charge in [0.2, 0.25) is 5.88 Å². The first-order valence-electron chi connectivity index (χ1n) is 8.56. The first-order valence-corrected chi connectivity index (χ1v) is 8.56. The van der Waals surface area contributed by atoms with E-state index < -0.39 is 6.43 Å². The topological polar surface area (TPSA) is 105 Å². The van der Waals surface area contributed by atoms with Gasteiger partial charge < -0.3 is 9.15 Å². The summed E-state index contributed by atoms with van der Waals surface area (Å²) in [6.45, 7) is 3.59. The molecule has 4 rings (SSSR count). The first kappa shape index (κ1) is 18.6. The van der Waals surface area contributed by atoms with Gasteiger partial charge in [-0.25, -0.2) is 18.7 Å². The maximum Gasteiger partial charge on any atom is 0.265 e. The SMILES string of the molecule is Cc1ncc(-c2ccc(OCc3c(C)nnn3-c3ccc(C(F)F)cn3)nn2)o1. The number of pyridine rings is 1. The fourth-order valence-electron chi connectivity index (χ4n) is 2.53. The van der Waals surface area contributed by atoms with Crippen LogP contribution in [0.25, 0.3) is 17.3 Å². The minimum Gasteiger partial charge on any atom is -0.470 e. The molecule has 0 aliphatic heterocycles. The van der Waals surface area contributed by atoms with Crippen molar-refractivity contribution < 1.29 is 17.9 Å². The third kappa shape index (κ3) is 3.93. The Morgan fingerprint density at radius 1 is 1.03 bits per heavy atom. The van der Waals surface area contributed by atoms with E-state index in [0.717, 1.165) is 6.20 Å². The van der Waals surface area contributed by atoms with Gasteiger partial charge in [-0.15, -0.1) is 15.3 Å². The number of ether oxygens (including phenoxy) is 1. The number of hydrogen-bond donors (Lipinski definition) is 0. The third-order valence-electron chi connectivity index (χ3n) is 4.07. The Balaban J connectivity index is 1.49. The van der Waals surface area contributed by atoms with Crippen LogP contribution in [0, 0.1) is 13.8 Å². The minimum absolute atomic E-state index is 0.0898. The molecule has 148 valence electrons. The van der Waals surface area contributed by atoms with Gasteiger partial charge in [0.05, 0.1) is 11.9 Å². The molecule has 4 heterocycles. The number of alkyl halides is 2. The van der Waals surface area contributed by atoms with E-state index in [1.807, 2.05) is 0 Å². The van der Waals surface area contributed by atoms with Crippen molar-refractivity contribution in [2.75, 3.05) is 0 Å². The summed E-state index contributed by atoms with van der Waals surface area (Å²) in [5, 5.41) is 16.1. The van der Waals surface area contributed by atoms with Crippen LogP contribution in [0.1, 0.15) is 29.3 Å². The van der Waals surface area contributed by atoms with E-state index in [4.69, 9.17) is 9.15 Å². The van der Waals surface area contributed by atoms with Gasteiger partial charge in [0.25, 0.3) is 6.43 Å². The highest BCUT2D eigenvalue weighted by molar-refractivity contribution is 5.49. The Kier molecular flexibility index (Phi) is 4.94. The molecule has 11 heteroatoms. The van der Waals surface area contributed by atoms with Crippen LogP contribution >= 0.6 is 0 Å². The van der Waals surface area contributed by atoms with E-state index in [1.54, 1.807) is 32.2 Å². The van der Waals surface area contributed by atoms with Gasteiger partial charge in [0.1, 0.15) is 18.0 Å². The summed E-state index contributed by atoms with van der Waals surface area (Å²) < 4.78 is 37.9. The molecule has 0 atom stereocenters. The van der Waals surface area contributed by atoms with E-state index in [-0.39, 0.29) is 18.1 Å². The predicted molar refractivity (Wildman–Crippen MR) is 95.4 cm³/mol. The van der Waals surface area contributed by atoms with Crippen molar-refractivity contribution in [3.63, 3.8) is 0 Å². The second kappa shape index (κ2) is 7.70. The average molecular weight is 399 g/mol. The second-order valence-corrected chi connectivity index (χ2v) is 6.07. The molecule has 4 aromatic heterocycles. The molecule has 0 fully saturated rings. The Hall–Kier alpha value is -3.76. The van der Waals surface area contributed by atoms with Crippen LogP contribution in [0.5, 0.6) is 5.88 Å². The molecule has 0 bridgehead atoms. The predicted octanol–water partition coefficient (Wildman–Crippen LogP) is 3.24. The molecule has 0 aliphatic rings. The Labute approximate surface area is 163 Å². The Morgan fingerprint density at radius 2 is 1.90 bits per heavy atom. The molecular formula is C18H15F2N7O2. The molecule has 0 saturated carbocycles. The first-order chi connectivity index (χ1) is 14.0. The summed E-state index contributed by atoms with van der Waals surface area (Å²) in [6, 6.07) is 6.10. The monoisotopic (exact) mass is 399 g/mol. The molecule has 0 unspecified atom stereocenters. The number of aromatic nitrogens is 7. The molecule has 29 heavy (non-hydrogen) atoms. The highest BCUT2D eigenvalue weighted by Crippen LogP contribution is 2.21. The lowest BCUT2D eigenvalue weighted by Crippen LogP contribution is -2.09. The number of halogens is 2. The van der Waals surface area contributed by atoms with Gasteiger partial charge in [-0.2, -0.15) is 4.68 Å². The molecule has 0 spiro atoms. The lowest BCUT2D eigenvalue weighted by atomic mass is 10.3. The zero-order valence-electron chi connectivity index (χ0n) is 15.5. The summed E-state index contributed by atoms with van der Waals surface area (Å²) in [5.41, 5.74) is 1.59. The number of hydrogen-bond acceptors (Lipinski definition) is 8. The fourth-order valence-corrected chi connectivity index (χ4v) is 2.53. The largest absolute Gasteiger partial charge is 0.470 e. The van der Waals surface area contributed by atoms with Gasteiger partial charge in [-0.1, -0.05) is 5.21 Å². The molecule has 4 aromatic rings. The highest BCUT2D eigenvalue weighted by atomic mass is 19.3. The Bertz CT molecular complexity index is 1110. The van der Waals surface area contributed by atoms with Crippen LogP contribution in [0.2, 0.25) is 0 Å². The van der Waals surface area contributed by atoms with Crippen LogP contribution in [-0.4, -0.2) is 35.2 Å². The Morgan fingerprint density at radius 3 is 2.52 bits per heavy atom. The smallest absolute Gasteiger partial charge is 0.265 e. The van der Waals surface area contributed by atoms with Gasteiger partial charge in [0, 0.05) is 24.8 Å². The molecule has 0 saturated heterocycles. The van der Waals surface area contributed by atoms with E-state index >= 15 is 0 Å². The van der Waals surface area contributed by atoms with Crippen molar-refractivity contribution in [3.8, 4) is 23.2 Å². The molecule has 0 radical (unpaired) electrons. The fraction of sp³-hybridized carbons (Fsp3) is 0.222. The van der Waals surface area contributed by atoms with Crippen molar-refractivity contribution in [2.45, 2.75) is 26.9 Å². The van der Waals surface area contributed by atoms with Gasteiger partial charge in [-0.05, 0) is 25.1 Å². The molecular weight excluding hydrogens is 384 g/mol. The highest BCUT2D eigenvalue weighted by Gasteiger charge is 2.15. The molecule has 0 N–H and O–H groups in total. The number of aryl methyl sites for hydroxylation is 2.